The van der Waals surface area contributed by atoms with Gasteiger partial charge in [-0.15, -0.1) is 0 Å². The van der Waals surface area contributed by atoms with Gasteiger partial charge < -0.3 is 15.2 Å². The van der Waals surface area contributed by atoms with E-state index in [1.54, 1.807) is 18.3 Å². The topological polar surface area (TPSA) is 97.1 Å². The number of carbonyl (C=O) groups is 1. The number of benzene rings is 1. The van der Waals surface area contributed by atoms with Gasteiger partial charge in [-0.3, -0.25) is 9.78 Å². The number of amides is 1. The van der Waals surface area contributed by atoms with Gasteiger partial charge in [0.1, 0.15) is 17.3 Å². The summed E-state index contributed by atoms with van der Waals surface area (Å²) in [5, 5.41) is 6.08. The van der Waals surface area contributed by atoms with Crippen LogP contribution in [-0.2, 0) is 12.7 Å². The Morgan fingerprint density at radius 1 is 1.17 bits per heavy atom. The summed E-state index contributed by atoms with van der Waals surface area (Å²) in [6, 6.07) is 8.89. The minimum absolute atomic E-state index is 0.318. The second kappa shape index (κ2) is 9.06. The Morgan fingerprint density at radius 3 is 2.78 bits per heavy atom. The van der Waals surface area contributed by atoms with Crippen LogP contribution in [0.4, 0.5) is 24.7 Å². The van der Waals surface area contributed by atoms with Gasteiger partial charge in [0.05, 0.1) is 5.56 Å². The van der Waals surface area contributed by atoms with Crippen molar-refractivity contribution in [1.29, 1.82) is 0 Å². The zero-order chi connectivity index (χ0) is 25.4. The summed E-state index contributed by atoms with van der Waals surface area (Å²) in [4.78, 5) is 29.7. The molecule has 3 aliphatic heterocycles. The zero-order valence-corrected chi connectivity index (χ0v) is 19.5. The van der Waals surface area contributed by atoms with E-state index in [0.717, 1.165) is 65.3 Å². The molecule has 0 fully saturated rings. The monoisotopic (exact) mass is 493 g/mol. The van der Waals surface area contributed by atoms with E-state index in [2.05, 4.69) is 35.1 Å². The predicted molar refractivity (Wildman–Crippen MR) is 129 cm³/mol. The molecule has 0 aliphatic carbocycles. The third-order valence-electron chi connectivity index (χ3n) is 5.90. The van der Waals surface area contributed by atoms with Gasteiger partial charge in [-0.2, -0.15) is 18.2 Å². The van der Waals surface area contributed by atoms with E-state index in [4.69, 9.17) is 0 Å². The van der Waals surface area contributed by atoms with Crippen molar-refractivity contribution in [2.45, 2.75) is 26.6 Å². The van der Waals surface area contributed by atoms with E-state index in [1.807, 2.05) is 26.0 Å². The molecule has 3 aliphatic rings. The fourth-order valence-electron chi connectivity index (χ4n) is 4.20. The number of carbonyl (C=O) groups excluding carboxylic acids is 1. The molecule has 0 unspecified atom stereocenters. The first-order valence-electron chi connectivity index (χ1n) is 11.3. The van der Waals surface area contributed by atoms with Gasteiger partial charge in [-0.1, -0.05) is 6.07 Å². The second-order valence-electron chi connectivity index (χ2n) is 8.32. The zero-order valence-electron chi connectivity index (χ0n) is 19.5. The number of alkyl halides is 3. The van der Waals surface area contributed by atoms with Crippen LogP contribution in [0.5, 0.6) is 0 Å². The number of nitrogens with one attached hydrogen (secondary N) is 2. The van der Waals surface area contributed by atoms with Gasteiger partial charge in [0, 0.05) is 48.8 Å². The van der Waals surface area contributed by atoms with Crippen molar-refractivity contribution < 1.29 is 18.0 Å². The number of aromatic nitrogens is 4. The number of nitrogens with zero attached hydrogens (tertiary/aromatic N) is 5. The lowest BCUT2D eigenvalue weighted by Crippen LogP contribution is -2.18. The van der Waals surface area contributed by atoms with E-state index >= 15 is 0 Å². The maximum Gasteiger partial charge on any atom is 0.416 e. The smallest absolute Gasteiger partial charge is 0.369 e. The van der Waals surface area contributed by atoms with Crippen molar-refractivity contribution in [3.63, 3.8) is 0 Å². The second-order valence-corrected chi connectivity index (χ2v) is 8.32. The van der Waals surface area contributed by atoms with Crippen LogP contribution in [0.25, 0.3) is 22.5 Å². The van der Waals surface area contributed by atoms with Crippen molar-refractivity contribution in [2.24, 2.45) is 4.99 Å². The van der Waals surface area contributed by atoms with Crippen LogP contribution in [0.2, 0.25) is 0 Å². The van der Waals surface area contributed by atoms with Crippen LogP contribution < -0.4 is 16.3 Å². The number of fused-ring (bicyclic) bond motifs is 3. The quantitative estimate of drug-likeness (QED) is 0.440. The van der Waals surface area contributed by atoms with Crippen molar-refractivity contribution in [3.05, 3.63) is 71.2 Å². The normalized spacial score (nSPS) is 13.5. The van der Waals surface area contributed by atoms with E-state index in [-0.39, 0.29) is 5.69 Å². The maximum atomic E-state index is 13.0. The van der Waals surface area contributed by atoms with Gasteiger partial charge in [-0.05, 0) is 55.3 Å². The van der Waals surface area contributed by atoms with E-state index in [9.17, 15) is 18.0 Å². The molecule has 1 aromatic carbocycles. The van der Waals surface area contributed by atoms with Crippen molar-refractivity contribution in [2.75, 3.05) is 23.7 Å². The molecule has 2 N–H and O–H groups in total. The molecule has 0 radical (unpaired) electrons. The van der Waals surface area contributed by atoms with Crippen LogP contribution >= 0.6 is 0 Å². The van der Waals surface area contributed by atoms with E-state index < -0.39 is 17.6 Å². The highest BCUT2D eigenvalue weighted by atomic mass is 19.4. The molecule has 184 valence electrons. The molecule has 0 saturated carbocycles. The van der Waals surface area contributed by atoms with E-state index in [0.29, 0.717) is 17.9 Å². The Balaban J connectivity index is 1.53. The van der Waals surface area contributed by atoms with E-state index in [1.165, 1.54) is 0 Å². The molecule has 1 aromatic heterocycles. The summed E-state index contributed by atoms with van der Waals surface area (Å²) in [5.41, 5.74) is 3.17. The largest absolute Gasteiger partial charge is 0.416 e. The molecular formula is C25H22F3N7O. The number of hydrogen-bond acceptors (Lipinski definition) is 6. The fraction of sp³-hybridized carbons (Fsp3) is 0.240. The molecule has 0 atom stereocenters. The number of anilines is 2. The Kier molecular flexibility index (Phi) is 5.91. The third-order valence-corrected chi connectivity index (χ3v) is 5.90. The molecule has 8 nitrogen and oxygen atoms in total. The molecule has 1 amide bonds. The van der Waals surface area contributed by atoms with Gasteiger partial charge in [0.2, 0.25) is 5.62 Å². The Labute approximate surface area is 204 Å². The molecule has 4 heterocycles. The molecule has 0 bridgehead atoms. The minimum Gasteiger partial charge on any atom is -0.369 e. The van der Waals surface area contributed by atoms with Crippen LogP contribution in [0, 0.1) is 6.92 Å². The summed E-state index contributed by atoms with van der Waals surface area (Å²) in [5.74, 6) is 0.932. The lowest BCUT2D eigenvalue weighted by molar-refractivity contribution is -0.137. The van der Waals surface area contributed by atoms with Crippen LogP contribution in [-0.4, -0.2) is 38.5 Å². The lowest BCUT2D eigenvalue weighted by Gasteiger charge is -2.19. The molecule has 11 heteroatoms. The first-order valence-corrected chi connectivity index (χ1v) is 11.3. The third kappa shape index (κ3) is 4.39. The summed E-state index contributed by atoms with van der Waals surface area (Å²) >= 11 is 0. The first kappa shape index (κ1) is 23.5. The molecule has 0 spiro atoms. The average Bonchev–Trinajstić information content (AvgIpc) is 3.35. The number of hydrogen-bond donors (Lipinski definition) is 2. The highest BCUT2D eigenvalue weighted by Gasteiger charge is 2.31. The number of halogens is 3. The first-order chi connectivity index (χ1) is 17.2. The molecule has 0 saturated heterocycles. The van der Waals surface area contributed by atoms with Gasteiger partial charge in [0.15, 0.2) is 0 Å². The van der Waals surface area contributed by atoms with Gasteiger partial charge in [-0.25, -0.2) is 9.98 Å². The Hall–Kier alpha value is -4.28. The predicted octanol–water partition coefficient (Wildman–Crippen LogP) is 4.37. The maximum absolute atomic E-state index is 13.0. The number of pyridine rings is 2. The van der Waals surface area contributed by atoms with Crippen molar-refractivity contribution in [1.82, 2.24) is 19.5 Å². The molecule has 36 heavy (non-hydrogen) atoms. The SMILES string of the molecule is CCN=c1ncc2cc(-c3cc(NC(=O)c4cc(C(F)(F)F)ccn4)ccc3C)c3n(c-2n1)CCN3. The fourth-order valence-corrected chi connectivity index (χ4v) is 4.20. The molecule has 5 rings (SSSR count). The molecular weight excluding hydrogens is 471 g/mol. The summed E-state index contributed by atoms with van der Waals surface area (Å²) in [6.45, 7) is 5.91. The van der Waals surface area contributed by atoms with Crippen LogP contribution in [0.15, 0.2) is 53.8 Å². The number of rotatable bonds is 4. The van der Waals surface area contributed by atoms with Crippen molar-refractivity contribution >= 4 is 17.4 Å². The summed E-state index contributed by atoms with van der Waals surface area (Å²) in [7, 11) is 0. The highest BCUT2D eigenvalue weighted by Crippen LogP contribution is 2.39. The molecule has 2 aromatic rings. The lowest BCUT2D eigenvalue weighted by atomic mass is 9.98. The van der Waals surface area contributed by atoms with Crippen molar-refractivity contribution in [3.8, 4) is 22.5 Å². The highest BCUT2D eigenvalue weighted by molar-refractivity contribution is 6.03. The standard InChI is InChI=1S/C25H22F3N7O/c1-3-29-24-32-13-15-10-19(22-31-8-9-35(22)21(15)34-24)18-12-17(5-4-14(18)2)33-23(36)20-11-16(6-7-30-20)25(26,27)28/h4-7,10-13,31H,3,8-9H2,1-2H3,(H,33,36). The van der Waals surface area contributed by atoms with Crippen LogP contribution in [0.3, 0.4) is 0 Å². The minimum atomic E-state index is -4.56. The Bertz CT molecular complexity index is 1510. The van der Waals surface area contributed by atoms with Gasteiger partial charge >= 0.3 is 6.18 Å². The Morgan fingerprint density at radius 2 is 2.00 bits per heavy atom. The summed E-state index contributed by atoms with van der Waals surface area (Å²) < 4.78 is 41.2. The van der Waals surface area contributed by atoms with Gasteiger partial charge in [0.25, 0.3) is 5.91 Å². The van der Waals surface area contributed by atoms with Crippen LogP contribution in [0.1, 0.15) is 28.5 Å². The summed E-state index contributed by atoms with van der Waals surface area (Å²) in [6.07, 6.45) is -1.85. The number of aryl methyl sites for hydroxylation is 1. The average molecular weight is 493 g/mol.